The molecule has 1 fully saturated rings. The molecule has 198 valence electrons. The van der Waals surface area contributed by atoms with Crippen LogP contribution in [0.4, 0.5) is 19.5 Å². The van der Waals surface area contributed by atoms with Crippen LogP contribution in [0.15, 0.2) is 36.8 Å². The Labute approximate surface area is 215 Å². The van der Waals surface area contributed by atoms with Crippen LogP contribution in [0.5, 0.6) is 17.2 Å². The molecule has 0 unspecified atom stereocenters. The van der Waals surface area contributed by atoms with Crippen molar-refractivity contribution in [2.24, 2.45) is 0 Å². The van der Waals surface area contributed by atoms with Crippen LogP contribution in [0.25, 0.3) is 22.2 Å². The first-order valence-corrected chi connectivity index (χ1v) is 11.7. The van der Waals surface area contributed by atoms with Gasteiger partial charge in [-0.25, -0.2) is 23.5 Å². The zero-order chi connectivity index (χ0) is 26.6. The number of halogens is 2. The third kappa shape index (κ3) is 5.06. The summed E-state index contributed by atoms with van der Waals surface area (Å²) in [6, 6.07) is 3.88. The molecule has 0 saturated carbocycles. The average molecular weight is 527 g/mol. The summed E-state index contributed by atoms with van der Waals surface area (Å²) in [6.07, 6.45) is 3.53. The Morgan fingerprint density at radius 2 is 1.71 bits per heavy atom. The van der Waals surface area contributed by atoms with E-state index in [1.807, 2.05) is 0 Å². The molecule has 0 atom stereocenters. The number of benzene rings is 2. The molecule has 1 saturated heterocycles. The number of aromatic nitrogens is 4. The normalized spacial score (nSPS) is 13.9. The number of methoxy groups -OCH3 is 2. The number of carbonyl (C=O) groups excluding carboxylic acids is 1. The quantitative estimate of drug-likeness (QED) is 0.370. The number of imidazole rings is 1. The molecule has 2 aromatic carbocycles. The molecule has 38 heavy (non-hydrogen) atoms. The fourth-order valence-corrected chi connectivity index (χ4v) is 4.16. The number of amides is 1. The van der Waals surface area contributed by atoms with Crippen molar-refractivity contribution in [3.63, 3.8) is 0 Å². The van der Waals surface area contributed by atoms with E-state index < -0.39 is 23.3 Å². The largest absolute Gasteiger partial charge is 0.494 e. The van der Waals surface area contributed by atoms with Gasteiger partial charge in [0, 0.05) is 43.7 Å². The van der Waals surface area contributed by atoms with E-state index in [4.69, 9.17) is 18.9 Å². The minimum Gasteiger partial charge on any atom is -0.494 e. The standard InChI is InChI=1S/C25H24F2N6O5/c1-35-17-11-18(36-2)21(27)19(20(17)26)15-3-4-16(23-22(15)28-5-6-29-23)38-25(34)32-24-30-12-14(31-24)13-33-7-9-37-10-8-33/h3-6,11-12H,7-10,13H2,1-2H3,(H2,30,31,32,34). The molecular weight excluding hydrogens is 502 g/mol. The lowest BCUT2D eigenvalue weighted by atomic mass is 10.0. The number of aromatic amines is 1. The van der Waals surface area contributed by atoms with E-state index in [-0.39, 0.29) is 39.8 Å². The van der Waals surface area contributed by atoms with Gasteiger partial charge in [-0.2, -0.15) is 0 Å². The molecule has 2 N–H and O–H groups in total. The van der Waals surface area contributed by atoms with Crippen LogP contribution >= 0.6 is 0 Å². The van der Waals surface area contributed by atoms with Gasteiger partial charge in [0.05, 0.1) is 44.9 Å². The van der Waals surface area contributed by atoms with Crippen molar-refractivity contribution in [1.29, 1.82) is 0 Å². The smallest absolute Gasteiger partial charge is 0.419 e. The van der Waals surface area contributed by atoms with Crippen LogP contribution in [-0.4, -0.2) is 71.5 Å². The van der Waals surface area contributed by atoms with Crippen LogP contribution in [0.3, 0.4) is 0 Å². The number of hydrogen-bond acceptors (Lipinski definition) is 9. The van der Waals surface area contributed by atoms with Crippen molar-refractivity contribution in [2.75, 3.05) is 45.8 Å². The van der Waals surface area contributed by atoms with Crippen molar-refractivity contribution in [2.45, 2.75) is 6.54 Å². The maximum atomic E-state index is 15.2. The molecule has 1 aliphatic rings. The molecule has 13 heteroatoms. The number of anilines is 1. The van der Waals surface area contributed by atoms with Crippen LogP contribution in [0, 0.1) is 11.6 Å². The van der Waals surface area contributed by atoms with E-state index in [2.05, 4.69) is 30.2 Å². The molecule has 1 amide bonds. The van der Waals surface area contributed by atoms with Gasteiger partial charge in [0.2, 0.25) is 5.95 Å². The van der Waals surface area contributed by atoms with Gasteiger partial charge in [-0.1, -0.05) is 0 Å². The first-order chi connectivity index (χ1) is 18.5. The number of rotatable bonds is 7. The van der Waals surface area contributed by atoms with Gasteiger partial charge in [-0.05, 0) is 12.1 Å². The Morgan fingerprint density at radius 3 is 2.39 bits per heavy atom. The summed E-state index contributed by atoms with van der Waals surface area (Å²) in [5.74, 6) is -2.05. The number of nitrogens with one attached hydrogen (secondary N) is 2. The van der Waals surface area contributed by atoms with Crippen LogP contribution in [-0.2, 0) is 11.3 Å². The number of H-pyrrole nitrogens is 1. The number of carbonyl (C=O) groups is 1. The number of nitrogens with zero attached hydrogens (tertiary/aromatic N) is 4. The van der Waals surface area contributed by atoms with Crippen molar-refractivity contribution >= 4 is 23.1 Å². The van der Waals surface area contributed by atoms with Crippen molar-refractivity contribution in [3.8, 4) is 28.4 Å². The first kappa shape index (κ1) is 25.3. The second-order valence-corrected chi connectivity index (χ2v) is 8.31. The highest BCUT2D eigenvalue weighted by atomic mass is 19.1. The average Bonchev–Trinajstić information content (AvgIpc) is 3.36. The van der Waals surface area contributed by atoms with Crippen LogP contribution in [0.2, 0.25) is 0 Å². The number of hydrogen-bond donors (Lipinski definition) is 2. The summed E-state index contributed by atoms with van der Waals surface area (Å²) in [5.41, 5.74) is 0.712. The summed E-state index contributed by atoms with van der Waals surface area (Å²) >= 11 is 0. The van der Waals surface area contributed by atoms with Crippen molar-refractivity contribution in [1.82, 2.24) is 24.8 Å². The molecule has 0 aliphatic carbocycles. The first-order valence-electron chi connectivity index (χ1n) is 11.7. The SMILES string of the molecule is COc1cc(OC)c(F)c(-c2ccc(OC(=O)Nc3ncc(CN4CCOCC4)[nH]3)c3nccnc23)c1F. The van der Waals surface area contributed by atoms with Gasteiger partial charge < -0.3 is 23.9 Å². The van der Waals surface area contributed by atoms with E-state index in [0.29, 0.717) is 19.8 Å². The fourth-order valence-electron chi connectivity index (χ4n) is 4.16. The van der Waals surface area contributed by atoms with Gasteiger partial charge in [0.15, 0.2) is 28.9 Å². The molecule has 5 rings (SSSR count). The zero-order valence-corrected chi connectivity index (χ0v) is 20.6. The van der Waals surface area contributed by atoms with Crippen LogP contribution < -0.4 is 19.5 Å². The molecule has 0 bridgehead atoms. The lowest BCUT2D eigenvalue weighted by molar-refractivity contribution is 0.0337. The Bertz CT molecular complexity index is 1450. The Hall–Kier alpha value is -4.36. The summed E-state index contributed by atoms with van der Waals surface area (Å²) in [6.45, 7) is 3.60. The molecule has 4 aromatic rings. The monoisotopic (exact) mass is 526 g/mol. The third-order valence-electron chi connectivity index (χ3n) is 5.98. The lowest BCUT2D eigenvalue weighted by Crippen LogP contribution is -2.35. The predicted molar refractivity (Wildman–Crippen MR) is 132 cm³/mol. The summed E-state index contributed by atoms with van der Waals surface area (Å²) in [7, 11) is 2.52. The highest BCUT2D eigenvalue weighted by molar-refractivity contribution is 5.97. The highest BCUT2D eigenvalue weighted by Gasteiger charge is 2.25. The summed E-state index contributed by atoms with van der Waals surface area (Å²) in [4.78, 5) is 30.5. The zero-order valence-electron chi connectivity index (χ0n) is 20.6. The lowest BCUT2D eigenvalue weighted by Gasteiger charge is -2.25. The number of morpholine rings is 1. The molecular formula is C25H24F2N6O5. The molecule has 2 aromatic heterocycles. The second-order valence-electron chi connectivity index (χ2n) is 8.31. The van der Waals surface area contributed by atoms with Gasteiger partial charge >= 0.3 is 6.09 Å². The molecule has 3 heterocycles. The van der Waals surface area contributed by atoms with E-state index >= 15 is 8.78 Å². The predicted octanol–water partition coefficient (Wildman–Crippen LogP) is 3.76. The topological polar surface area (TPSA) is 124 Å². The third-order valence-corrected chi connectivity index (χ3v) is 5.98. The summed E-state index contributed by atoms with van der Waals surface area (Å²) in [5, 5.41) is 2.54. The van der Waals surface area contributed by atoms with E-state index in [0.717, 1.165) is 24.8 Å². The fraction of sp³-hybridized carbons (Fsp3) is 0.280. The van der Waals surface area contributed by atoms with Crippen molar-refractivity contribution in [3.05, 3.63) is 54.1 Å². The molecule has 0 radical (unpaired) electrons. The van der Waals surface area contributed by atoms with Crippen molar-refractivity contribution < 1.29 is 32.5 Å². The van der Waals surface area contributed by atoms with Gasteiger partial charge in [0.1, 0.15) is 11.0 Å². The van der Waals surface area contributed by atoms with Gasteiger partial charge in [0.25, 0.3) is 0 Å². The van der Waals surface area contributed by atoms with E-state index in [1.54, 1.807) is 6.20 Å². The Balaban J connectivity index is 1.39. The molecule has 11 nitrogen and oxygen atoms in total. The van der Waals surface area contributed by atoms with E-state index in [9.17, 15) is 4.79 Å². The minimum absolute atomic E-state index is 0.0325. The number of fused-ring (bicyclic) bond motifs is 1. The summed E-state index contributed by atoms with van der Waals surface area (Å²) < 4.78 is 51.3. The Morgan fingerprint density at radius 1 is 1.03 bits per heavy atom. The maximum absolute atomic E-state index is 15.2. The highest BCUT2D eigenvalue weighted by Crippen LogP contribution is 2.41. The molecule has 1 aliphatic heterocycles. The second kappa shape index (κ2) is 10.9. The maximum Gasteiger partial charge on any atom is 0.419 e. The van der Waals surface area contributed by atoms with Gasteiger partial charge in [-0.3, -0.25) is 15.2 Å². The van der Waals surface area contributed by atoms with E-state index in [1.165, 1.54) is 38.7 Å². The number of ether oxygens (including phenoxy) is 4. The van der Waals surface area contributed by atoms with Gasteiger partial charge in [-0.15, -0.1) is 0 Å². The Kier molecular flexibility index (Phi) is 7.29. The molecule has 0 spiro atoms. The minimum atomic E-state index is -0.935. The van der Waals surface area contributed by atoms with Crippen LogP contribution in [0.1, 0.15) is 5.69 Å².